The smallest absolute Gasteiger partial charge is 0.399 e. The van der Waals surface area contributed by atoms with Gasteiger partial charge in [0.25, 0.3) is 0 Å². The molecule has 0 aliphatic carbocycles. The SMILES string of the molecule is CCc1ncc(C(F)(F)F)cc1B1OC(C)(C)C(C)(C)O1. The Kier molecular flexibility index (Phi) is 3.87. The van der Waals surface area contributed by atoms with Crippen LogP contribution in [0.4, 0.5) is 13.2 Å². The second kappa shape index (κ2) is 4.99. The summed E-state index contributed by atoms with van der Waals surface area (Å²) in [6.07, 6.45) is -3.07. The lowest BCUT2D eigenvalue weighted by molar-refractivity contribution is -0.137. The van der Waals surface area contributed by atoms with Gasteiger partial charge in [0.05, 0.1) is 16.8 Å². The fourth-order valence-corrected chi connectivity index (χ4v) is 2.13. The molecule has 0 saturated carbocycles. The first-order valence-electron chi connectivity index (χ1n) is 6.89. The first-order valence-corrected chi connectivity index (χ1v) is 6.89. The first kappa shape index (κ1) is 16.3. The van der Waals surface area contributed by atoms with E-state index in [1.54, 1.807) is 0 Å². The average molecular weight is 301 g/mol. The molecule has 0 unspecified atom stereocenters. The van der Waals surface area contributed by atoms with Crippen LogP contribution >= 0.6 is 0 Å². The molecule has 1 aromatic heterocycles. The standard InChI is InChI=1S/C14H19BF3NO2/c1-6-11-10(7-9(8-19-11)14(16,17)18)15-20-12(2,3)13(4,5)21-15/h7-8H,6H2,1-5H3. The van der Waals surface area contributed by atoms with E-state index in [-0.39, 0.29) is 0 Å². The van der Waals surface area contributed by atoms with Crippen LogP contribution in [0, 0.1) is 0 Å². The van der Waals surface area contributed by atoms with Gasteiger partial charge in [0.1, 0.15) is 0 Å². The van der Waals surface area contributed by atoms with Gasteiger partial charge in [-0.25, -0.2) is 0 Å². The largest absolute Gasteiger partial charge is 0.496 e. The quantitative estimate of drug-likeness (QED) is 0.787. The first-order chi connectivity index (χ1) is 9.48. The van der Waals surface area contributed by atoms with Gasteiger partial charge in [-0.05, 0) is 40.2 Å². The molecule has 1 aliphatic rings. The maximum Gasteiger partial charge on any atom is 0.496 e. The van der Waals surface area contributed by atoms with Crippen molar-refractivity contribution in [2.45, 2.75) is 58.4 Å². The Morgan fingerprint density at radius 1 is 1.14 bits per heavy atom. The molecule has 1 fully saturated rings. The summed E-state index contributed by atoms with van der Waals surface area (Å²) in [7, 11) is -0.834. The maximum absolute atomic E-state index is 12.9. The van der Waals surface area contributed by atoms with Crippen LogP contribution in [0.25, 0.3) is 0 Å². The molecule has 0 radical (unpaired) electrons. The average Bonchev–Trinajstić information content (AvgIpc) is 2.56. The topological polar surface area (TPSA) is 31.4 Å². The van der Waals surface area contributed by atoms with Crippen LogP contribution < -0.4 is 5.46 Å². The van der Waals surface area contributed by atoms with Crippen LogP contribution in [0.3, 0.4) is 0 Å². The van der Waals surface area contributed by atoms with Gasteiger partial charge >= 0.3 is 13.3 Å². The highest BCUT2D eigenvalue weighted by Crippen LogP contribution is 2.37. The molecule has 1 aliphatic heterocycles. The Morgan fingerprint density at radius 2 is 1.67 bits per heavy atom. The fourth-order valence-electron chi connectivity index (χ4n) is 2.13. The molecule has 116 valence electrons. The highest BCUT2D eigenvalue weighted by Gasteiger charge is 2.52. The number of alkyl halides is 3. The number of aryl methyl sites for hydroxylation is 1. The van der Waals surface area contributed by atoms with E-state index >= 15 is 0 Å². The summed E-state index contributed by atoms with van der Waals surface area (Å²) in [5.41, 5.74) is -1.08. The van der Waals surface area contributed by atoms with Crippen molar-refractivity contribution in [1.29, 1.82) is 0 Å². The lowest BCUT2D eigenvalue weighted by atomic mass is 9.76. The predicted molar refractivity (Wildman–Crippen MR) is 74.3 cm³/mol. The van der Waals surface area contributed by atoms with Crippen molar-refractivity contribution in [2.24, 2.45) is 0 Å². The monoisotopic (exact) mass is 301 g/mol. The zero-order valence-electron chi connectivity index (χ0n) is 12.8. The highest BCUT2D eigenvalue weighted by atomic mass is 19.4. The molecule has 0 atom stereocenters. The number of rotatable bonds is 2. The van der Waals surface area contributed by atoms with Gasteiger partial charge in [-0.15, -0.1) is 0 Å². The van der Waals surface area contributed by atoms with Gasteiger partial charge in [0.2, 0.25) is 0 Å². The second-order valence-electron chi connectivity index (χ2n) is 6.20. The van der Waals surface area contributed by atoms with E-state index in [9.17, 15) is 13.2 Å². The van der Waals surface area contributed by atoms with E-state index in [1.165, 1.54) is 0 Å². The summed E-state index contributed by atoms with van der Waals surface area (Å²) in [6, 6.07) is 1.08. The molecule has 7 heteroatoms. The summed E-state index contributed by atoms with van der Waals surface area (Å²) in [6.45, 7) is 9.28. The van der Waals surface area contributed by atoms with E-state index < -0.39 is 30.1 Å². The third kappa shape index (κ3) is 2.94. The molecule has 0 N–H and O–H groups in total. The van der Waals surface area contributed by atoms with Crippen LogP contribution in [0.1, 0.15) is 45.9 Å². The Balaban J connectivity index is 2.44. The van der Waals surface area contributed by atoms with E-state index in [1.807, 2.05) is 34.6 Å². The van der Waals surface area contributed by atoms with Crippen molar-refractivity contribution in [3.05, 3.63) is 23.5 Å². The Morgan fingerprint density at radius 3 is 2.10 bits per heavy atom. The van der Waals surface area contributed by atoms with E-state index in [0.29, 0.717) is 17.6 Å². The van der Waals surface area contributed by atoms with E-state index in [0.717, 1.165) is 12.3 Å². The maximum atomic E-state index is 12.9. The number of halogens is 3. The lowest BCUT2D eigenvalue weighted by Gasteiger charge is -2.32. The van der Waals surface area contributed by atoms with Crippen LogP contribution in [0.2, 0.25) is 0 Å². The van der Waals surface area contributed by atoms with Gasteiger partial charge in [-0.2, -0.15) is 13.2 Å². The van der Waals surface area contributed by atoms with Gasteiger partial charge in [0.15, 0.2) is 0 Å². The molecule has 2 rings (SSSR count). The van der Waals surface area contributed by atoms with Crippen molar-refractivity contribution < 1.29 is 22.5 Å². The molecule has 3 nitrogen and oxygen atoms in total. The molecular formula is C14H19BF3NO2. The normalized spacial score (nSPS) is 20.9. The molecule has 0 amide bonds. The molecule has 1 aromatic rings. The summed E-state index contributed by atoms with van der Waals surface area (Å²) in [5, 5.41) is 0. The van der Waals surface area contributed by atoms with Crippen LogP contribution in [0.5, 0.6) is 0 Å². The third-order valence-corrected chi connectivity index (χ3v) is 4.17. The van der Waals surface area contributed by atoms with Crippen molar-refractivity contribution in [3.8, 4) is 0 Å². The number of pyridine rings is 1. The minimum atomic E-state index is -4.43. The number of nitrogens with zero attached hydrogens (tertiary/aromatic N) is 1. The highest BCUT2D eigenvalue weighted by molar-refractivity contribution is 6.62. The minimum absolute atomic E-state index is 0.353. The second-order valence-corrected chi connectivity index (χ2v) is 6.20. The summed E-state index contributed by atoms with van der Waals surface area (Å²) in [4.78, 5) is 3.92. The van der Waals surface area contributed by atoms with Crippen molar-refractivity contribution >= 4 is 12.6 Å². The predicted octanol–water partition coefficient (Wildman–Crippen LogP) is 2.96. The molecule has 0 aromatic carbocycles. The zero-order valence-corrected chi connectivity index (χ0v) is 12.8. The van der Waals surface area contributed by atoms with Gasteiger partial charge in [-0.3, -0.25) is 4.98 Å². The third-order valence-electron chi connectivity index (χ3n) is 4.17. The Hall–Kier alpha value is -1.08. The molecule has 0 bridgehead atoms. The summed E-state index contributed by atoms with van der Waals surface area (Å²) >= 11 is 0. The van der Waals surface area contributed by atoms with Gasteiger partial charge in [0, 0.05) is 17.4 Å². The van der Waals surface area contributed by atoms with Crippen molar-refractivity contribution in [2.75, 3.05) is 0 Å². The van der Waals surface area contributed by atoms with Crippen LogP contribution in [-0.2, 0) is 21.9 Å². The van der Waals surface area contributed by atoms with Gasteiger partial charge in [-0.1, -0.05) is 6.92 Å². The fraction of sp³-hybridized carbons (Fsp3) is 0.643. The zero-order chi connectivity index (χ0) is 16.1. The summed E-state index contributed by atoms with van der Waals surface area (Å²) < 4.78 is 50.3. The number of aromatic nitrogens is 1. The van der Waals surface area contributed by atoms with Crippen LogP contribution in [-0.4, -0.2) is 23.3 Å². The summed E-state index contributed by atoms with van der Waals surface area (Å²) in [5.74, 6) is 0. The van der Waals surface area contributed by atoms with Crippen molar-refractivity contribution in [1.82, 2.24) is 4.98 Å². The molecular weight excluding hydrogens is 282 g/mol. The molecule has 0 spiro atoms. The lowest BCUT2D eigenvalue weighted by Crippen LogP contribution is -2.41. The van der Waals surface area contributed by atoms with Gasteiger partial charge < -0.3 is 9.31 Å². The van der Waals surface area contributed by atoms with Crippen molar-refractivity contribution in [3.63, 3.8) is 0 Å². The number of hydrogen-bond acceptors (Lipinski definition) is 3. The van der Waals surface area contributed by atoms with E-state index in [4.69, 9.17) is 9.31 Å². The Bertz CT molecular complexity index is 528. The molecule has 1 saturated heterocycles. The molecule has 21 heavy (non-hydrogen) atoms. The molecule has 2 heterocycles. The minimum Gasteiger partial charge on any atom is -0.399 e. The number of hydrogen-bond donors (Lipinski definition) is 0. The van der Waals surface area contributed by atoms with E-state index in [2.05, 4.69) is 4.98 Å². The Labute approximate surface area is 123 Å². The van der Waals surface area contributed by atoms with Crippen LogP contribution in [0.15, 0.2) is 12.3 Å².